The molecular weight excluding hydrogens is 268 g/mol. The molecule has 0 spiro atoms. The second kappa shape index (κ2) is 5.18. The number of fused-ring (bicyclic) bond motifs is 1. The Labute approximate surface area is 114 Å². The third kappa shape index (κ3) is 1.99. The van der Waals surface area contributed by atoms with Crippen LogP contribution in [0.5, 0.6) is 11.5 Å². The fourth-order valence-corrected chi connectivity index (χ4v) is 2.15. The molecule has 0 amide bonds. The van der Waals surface area contributed by atoms with E-state index in [1.807, 2.05) is 6.07 Å². The van der Waals surface area contributed by atoms with Crippen molar-refractivity contribution in [2.24, 2.45) is 5.84 Å². The van der Waals surface area contributed by atoms with Crippen LogP contribution in [0.4, 0.5) is 5.69 Å². The van der Waals surface area contributed by atoms with Gasteiger partial charge in [-0.3, -0.25) is 10.8 Å². The smallest absolute Gasteiger partial charge is 0.149 e. The van der Waals surface area contributed by atoms with Gasteiger partial charge in [-0.2, -0.15) is 5.26 Å². The topological polar surface area (TPSA) is 93.2 Å². The first-order chi connectivity index (χ1) is 9.17. The molecule has 0 aliphatic heterocycles. The number of nitrogens with one attached hydrogen (secondary N) is 1. The largest absolute Gasteiger partial charge is 0.494 e. The number of anilines is 1. The summed E-state index contributed by atoms with van der Waals surface area (Å²) in [6, 6.07) is 3.60. The first-order valence-corrected chi connectivity index (χ1v) is 5.65. The molecule has 0 aliphatic carbocycles. The number of hydrazine groups is 1. The highest BCUT2D eigenvalue weighted by Crippen LogP contribution is 2.42. The van der Waals surface area contributed by atoms with Gasteiger partial charge in [0.1, 0.15) is 23.1 Å². The number of nitrogens with zero attached hydrogens (tertiary/aromatic N) is 2. The lowest BCUT2D eigenvalue weighted by molar-refractivity contribution is 0.410. The lowest BCUT2D eigenvalue weighted by Gasteiger charge is -2.14. The third-order valence-electron chi connectivity index (χ3n) is 2.70. The van der Waals surface area contributed by atoms with Crippen molar-refractivity contribution < 1.29 is 9.47 Å². The molecule has 6 nitrogen and oxygen atoms in total. The van der Waals surface area contributed by atoms with Gasteiger partial charge in [-0.15, -0.1) is 0 Å². The van der Waals surface area contributed by atoms with Gasteiger partial charge in [0.15, 0.2) is 0 Å². The predicted molar refractivity (Wildman–Crippen MR) is 72.4 cm³/mol. The van der Waals surface area contributed by atoms with Gasteiger partial charge in [-0.25, -0.2) is 0 Å². The number of nitriles is 1. The van der Waals surface area contributed by atoms with E-state index in [4.69, 9.17) is 32.2 Å². The van der Waals surface area contributed by atoms with E-state index in [0.29, 0.717) is 33.1 Å². The van der Waals surface area contributed by atoms with E-state index in [1.165, 1.54) is 20.4 Å². The van der Waals surface area contributed by atoms with Crippen LogP contribution in [0.3, 0.4) is 0 Å². The number of nitrogen functional groups attached to an aromatic ring is 1. The van der Waals surface area contributed by atoms with Gasteiger partial charge in [0.2, 0.25) is 0 Å². The van der Waals surface area contributed by atoms with Crippen LogP contribution in [0.15, 0.2) is 12.3 Å². The summed E-state index contributed by atoms with van der Waals surface area (Å²) in [5.41, 5.74) is 3.68. The van der Waals surface area contributed by atoms with Crippen LogP contribution >= 0.6 is 11.6 Å². The Kier molecular flexibility index (Phi) is 3.60. The standard InChI is InChI=1S/C12H11ClN4O2/c1-18-8-3-7(13)12(19-2)9-10(17-15)6(4-14)5-16-11(8)9/h3,5H,15H2,1-2H3,(H,16,17). The number of benzene rings is 1. The number of ether oxygens (including phenoxy) is 2. The van der Waals surface area contributed by atoms with Gasteiger partial charge in [0.25, 0.3) is 0 Å². The molecule has 0 atom stereocenters. The van der Waals surface area contributed by atoms with Crippen molar-refractivity contribution in [2.45, 2.75) is 0 Å². The summed E-state index contributed by atoms with van der Waals surface area (Å²) in [7, 11) is 2.99. The Balaban J connectivity index is 3.01. The number of halogens is 1. The van der Waals surface area contributed by atoms with Gasteiger partial charge in [0, 0.05) is 12.3 Å². The lowest BCUT2D eigenvalue weighted by atomic mass is 10.1. The Morgan fingerprint density at radius 1 is 1.42 bits per heavy atom. The zero-order valence-corrected chi connectivity index (χ0v) is 11.1. The molecule has 0 saturated heterocycles. The molecule has 0 radical (unpaired) electrons. The quantitative estimate of drug-likeness (QED) is 0.659. The SMILES string of the molecule is COc1cc(Cl)c(OC)c2c(NN)c(C#N)cnc12. The maximum absolute atomic E-state index is 9.08. The van der Waals surface area contributed by atoms with Gasteiger partial charge in [-0.05, 0) is 0 Å². The average molecular weight is 279 g/mol. The fourth-order valence-electron chi connectivity index (χ4n) is 1.88. The van der Waals surface area contributed by atoms with Crippen LogP contribution in [-0.4, -0.2) is 19.2 Å². The first-order valence-electron chi connectivity index (χ1n) is 5.27. The predicted octanol–water partition coefficient (Wildman–Crippen LogP) is 2.06. The van der Waals surface area contributed by atoms with E-state index in [1.54, 1.807) is 6.07 Å². The molecular formula is C12H11ClN4O2. The van der Waals surface area contributed by atoms with E-state index in [0.717, 1.165) is 0 Å². The van der Waals surface area contributed by atoms with E-state index >= 15 is 0 Å². The second-order valence-electron chi connectivity index (χ2n) is 3.62. The lowest BCUT2D eigenvalue weighted by Crippen LogP contribution is -2.10. The van der Waals surface area contributed by atoms with Crippen LogP contribution in [0, 0.1) is 11.3 Å². The molecule has 2 aromatic rings. The molecule has 19 heavy (non-hydrogen) atoms. The number of methoxy groups -OCH3 is 2. The van der Waals surface area contributed by atoms with Crippen molar-refractivity contribution in [3.8, 4) is 17.6 Å². The molecule has 3 N–H and O–H groups in total. The number of rotatable bonds is 3. The van der Waals surface area contributed by atoms with Crippen molar-refractivity contribution in [2.75, 3.05) is 19.6 Å². The number of pyridine rings is 1. The highest BCUT2D eigenvalue weighted by Gasteiger charge is 2.19. The van der Waals surface area contributed by atoms with Crippen LogP contribution in [0.1, 0.15) is 5.56 Å². The molecule has 1 heterocycles. The van der Waals surface area contributed by atoms with Gasteiger partial charge < -0.3 is 14.9 Å². The minimum atomic E-state index is 0.289. The Morgan fingerprint density at radius 3 is 2.68 bits per heavy atom. The second-order valence-corrected chi connectivity index (χ2v) is 4.03. The van der Waals surface area contributed by atoms with E-state index in [9.17, 15) is 0 Å². The Bertz CT molecular complexity index is 682. The summed E-state index contributed by atoms with van der Waals surface area (Å²) in [6.07, 6.45) is 1.41. The minimum Gasteiger partial charge on any atom is -0.494 e. The van der Waals surface area contributed by atoms with Crippen LogP contribution < -0.4 is 20.7 Å². The number of nitrogens with two attached hydrogens (primary N) is 1. The van der Waals surface area contributed by atoms with Crippen molar-refractivity contribution in [3.63, 3.8) is 0 Å². The molecule has 2 rings (SSSR count). The molecule has 0 aliphatic rings. The summed E-state index contributed by atoms with van der Waals surface area (Å²) in [5, 5.41) is 9.93. The molecule has 98 valence electrons. The minimum absolute atomic E-state index is 0.289. The van der Waals surface area contributed by atoms with Crippen molar-refractivity contribution in [3.05, 3.63) is 22.8 Å². The Morgan fingerprint density at radius 2 is 2.16 bits per heavy atom. The molecule has 0 bridgehead atoms. The molecule has 0 saturated carbocycles. The van der Waals surface area contributed by atoms with Crippen molar-refractivity contribution >= 4 is 28.2 Å². The van der Waals surface area contributed by atoms with Crippen molar-refractivity contribution in [1.82, 2.24) is 4.98 Å². The zero-order chi connectivity index (χ0) is 14.0. The van der Waals surface area contributed by atoms with Gasteiger partial charge >= 0.3 is 0 Å². The number of aromatic nitrogens is 1. The summed E-state index contributed by atoms with van der Waals surface area (Å²) in [6.45, 7) is 0. The van der Waals surface area contributed by atoms with E-state index < -0.39 is 0 Å². The van der Waals surface area contributed by atoms with Crippen LogP contribution in [0.2, 0.25) is 5.02 Å². The molecule has 0 unspecified atom stereocenters. The monoisotopic (exact) mass is 278 g/mol. The van der Waals surface area contributed by atoms with Crippen molar-refractivity contribution in [1.29, 1.82) is 5.26 Å². The normalized spacial score (nSPS) is 10.1. The maximum atomic E-state index is 9.08. The molecule has 0 fully saturated rings. The van der Waals surface area contributed by atoms with Gasteiger partial charge in [-0.1, -0.05) is 11.6 Å². The number of hydrogen-bond donors (Lipinski definition) is 2. The summed E-state index contributed by atoms with van der Waals surface area (Å²) in [5.74, 6) is 6.35. The Hall–Kier alpha value is -2.23. The maximum Gasteiger partial charge on any atom is 0.149 e. The summed E-state index contributed by atoms with van der Waals surface area (Å²) < 4.78 is 10.5. The zero-order valence-electron chi connectivity index (χ0n) is 10.3. The fraction of sp³-hybridized carbons (Fsp3) is 0.167. The summed E-state index contributed by atoms with van der Waals surface area (Å²) in [4.78, 5) is 4.20. The number of hydrogen-bond acceptors (Lipinski definition) is 6. The molecule has 1 aromatic heterocycles. The molecule has 1 aromatic carbocycles. The summed E-state index contributed by atoms with van der Waals surface area (Å²) >= 11 is 6.13. The van der Waals surface area contributed by atoms with Crippen LogP contribution in [-0.2, 0) is 0 Å². The first kappa shape index (κ1) is 13.2. The van der Waals surface area contributed by atoms with Crippen LogP contribution in [0.25, 0.3) is 10.9 Å². The third-order valence-corrected chi connectivity index (χ3v) is 2.98. The van der Waals surface area contributed by atoms with E-state index in [2.05, 4.69) is 10.4 Å². The van der Waals surface area contributed by atoms with Gasteiger partial charge in [0.05, 0.1) is 35.9 Å². The highest BCUT2D eigenvalue weighted by atomic mass is 35.5. The molecule has 7 heteroatoms. The van der Waals surface area contributed by atoms with E-state index in [-0.39, 0.29) is 5.56 Å². The average Bonchev–Trinajstić information content (AvgIpc) is 2.44. The highest BCUT2D eigenvalue weighted by molar-refractivity contribution is 6.34.